The maximum atomic E-state index is 12.6. The first kappa shape index (κ1) is 24.6. The number of benzene rings is 1. The fourth-order valence-electron chi connectivity index (χ4n) is 3.05. The van der Waals surface area contributed by atoms with Crippen molar-refractivity contribution in [3.05, 3.63) is 53.7 Å². The Kier molecular flexibility index (Phi) is 6.56. The first-order chi connectivity index (χ1) is 15.8. The highest BCUT2D eigenvalue weighted by atomic mass is 32.2. The maximum absolute atomic E-state index is 12.6. The molecule has 0 aliphatic heterocycles. The Balaban J connectivity index is 2.11. The van der Waals surface area contributed by atoms with Crippen molar-refractivity contribution in [3.63, 3.8) is 0 Å². The van der Waals surface area contributed by atoms with Gasteiger partial charge in [-0.1, -0.05) is 18.2 Å². The number of pyridine rings is 1. The monoisotopic (exact) mass is 489 g/mol. The van der Waals surface area contributed by atoms with Crippen LogP contribution in [0.15, 0.2) is 42.5 Å². The number of nitrogens with zero attached hydrogens (tertiary/aromatic N) is 4. The quantitative estimate of drug-likeness (QED) is 0.459. The topological polar surface area (TPSA) is 156 Å². The molecule has 1 amide bonds. The van der Waals surface area contributed by atoms with Gasteiger partial charge in [0.15, 0.2) is 0 Å². The molecule has 0 aliphatic carbocycles. The standard InChI is InChI=1S/C21H21F2N7O3S/c1-21(2,3)30-19(27-15-6-4-5-14(11-24)26-15)16(18(25)31)17(28-30)12-7-9-13(10-8-12)29-34(32,33)20(22)23/h4-10,20,29H,1-3H3,(H2,25,31)(H,26,27). The first-order valence-electron chi connectivity index (χ1n) is 9.81. The lowest BCUT2D eigenvalue weighted by atomic mass is 10.1. The zero-order chi connectivity index (χ0) is 25.3. The molecule has 0 fully saturated rings. The van der Waals surface area contributed by atoms with Crippen molar-refractivity contribution in [2.45, 2.75) is 32.1 Å². The molecule has 0 saturated carbocycles. The molecule has 178 valence electrons. The average Bonchev–Trinajstić information content (AvgIpc) is 3.14. The molecule has 10 nitrogen and oxygen atoms in total. The van der Waals surface area contributed by atoms with Crippen LogP contribution in [0.3, 0.4) is 0 Å². The molecule has 0 aliphatic rings. The van der Waals surface area contributed by atoms with E-state index in [1.165, 1.54) is 35.0 Å². The van der Waals surface area contributed by atoms with Gasteiger partial charge in [0.1, 0.15) is 34.7 Å². The van der Waals surface area contributed by atoms with E-state index in [0.717, 1.165) is 0 Å². The Morgan fingerprint density at radius 1 is 1.18 bits per heavy atom. The first-order valence-corrected chi connectivity index (χ1v) is 11.4. The van der Waals surface area contributed by atoms with E-state index in [4.69, 9.17) is 11.0 Å². The second-order valence-corrected chi connectivity index (χ2v) is 9.80. The summed E-state index contributed by atoms with van der Waals surface area (Å²) in [6.45, 7) is 5.54. The molecule has 34 heavy (non-hydrogen) atoms. The zero-order valence-electron chi connectivity index (χ0n) is 18.4. The predicted octanol–water partition coefficient (Wildman–Crippen LogP) is 3.38. The van der Waals surface area contributed by atoms with Crippen molar-refractivity contribution < 1.29 is 22.0 Å². The SMILES string of the molecule is CC(C)(C)n1nc(-c2ccc(NS(=O)(=O)C(F)F)cc2)c(C(N)=O)c1Nc1cccc(C#N)n1. The average molecular weight is 490 g/mol. The largest absolute Gasteiger partial charge is 0.365 e. The number of primary amides is 1. The molecular formula is C21H21F2N7O3S. The number of amides is 1. The van der Waals surface area contributed by atoms with Gasteiger partial charge in [0.25, 0.3) is 15.9 Å². The van der Waals surface area contributed by atoms with E-state index in [1.807, 2.05) is 26.8 Å². The number of nitrogens with two attached hydrogens (primary N) is 1. The molecule has 1 aromatic carbocycles. The van der Waals surface area contributed by atoms with Gasteiger partial charge in [-0.15, -0.1) is 0 Å². The van der Waals surface area contributed by atoms with Crippen molar-refractivity contribution in [3.8, 4) is 17.3 Å². The van der Waals surface area contributed by atoms with Gasteiger partial charge in [-0.2, -0.15) is 19.1 Å². The second-order valence-electron chi connectivity index (χ2n) is 8.15. The summed E-state index contributed by atoms with van der Waals surface area (Å²) in [4.78, 5) is 16.6. The van der Waals surface area contributed by atoms with Crippen molar-refractivity contribution in [1.82, 2.24) is 14.8 Å². The van der Waals surface area contributed by atoms with Crippen LogP contribution in [-0.2, 0) is 15.6 Å². The highest BCUT2D eigenvalue weighted by Gasteiger charge is 2.29. The van der Waals surface area contributed by atoms with E-state index in [2.05, 4.69) is 15.4 Å². The van der Waals surface area contributed by atoms with Gasteiger partial charge in [0.05, 0.1) is 5.54 Å². The Hall–Kier alpha value is -4.05. The highest BCUT2D eigenvalue weighted by molar-refractivity contribution is 7.93. The molecule has 3 rings (SSSR count). The number of aromatic nitrogens is 3. The fourth-order valence-corrected chi connectivity index (χ4v) is 3.60. The van der Waals surface area contributed by atoms with Crippen molar-refractivity contribution >= 4 is 33.3 Å². The van der Waals surface area contributed by atoms with E-state index >= 15 is 0 Å². The van der Waals surface area contributed by atoms with Crippen LogP contribution in [-0.4, -0.2) is 34.8 Å². The minimum atomic E-state index is -4.83. The molecule has 4 N–H and O–H groups in total. The van der Waals surface area contributed by atoms with E-state index in [0.29, 0.717) is 5.56 Å². The van der Waals surface area contributed by atoms with Gasteiger partial charge >= 0.3 is 5.76 Å². The van der Waals surface area contributed by atoms with Gasteiger partial charge in [-0.05, 0) is 45.0 Å². The van der Waals surface area contributed by atoms with Crippen LogP contribution in [0, 0.1) is 11.3 Å². The van der Waals surface area contributed by atoms with E-state index in [-0.39, 0.29) is 34.3 Å². The van der Waals surface area contributed by atoms with Crippen LogP contribution in [0.1, 0.15) is 36.8 Å². The van der Waals surface area contributed by atoms with Crippen LogP contribution >= 0.6 is 0 Å². The van der Waals surface area contributed by atoms with Gasteiger partial charge in [-0.25, -0.2) is 18.1 Å². The second kappa shape index (κ2) is 9.06. The predicted molar refractivity (Wildman–Crippen MR) is 122 cm³/mol. The van der Waals surface area contributed by atoms with Crippen molar-refractivity contribution in [1.29, 1.82) is 5.26 Å². The minimum Gasteiger partial charge on any atom is -0.365 e. The molecule has 0 spiro atoms. The molecular weight excluding hydrogens is 468 g/mol. The van der Waals surface area contributed by atoms with Crippen LogP contribution in [0.4, 0.5) is 26.1 Å². The fraction of sp³-hybridized carbons (Fsp3) is 0.238. The number of carbonyl (C=O) groups is 1. The third kappa shape index (κ3) is 5.12. The van der Waals surface area contributed by atoms with Gasteiger partial charge in [-0.3, -0.25) is 9.52 Å². The summed E-state index contributed by atoms with van der Waals surface area (Å²) in [7, 11) is -4.83. The van der Waals surface area contributed by atoms with Crippen LogP contribution in [0.2, 0.25) is 0 Å². The number of carbonyl (C=O) groups excluding carboxylic acids is 1. The molecule has 13 heteroatoms. The Bertz CT molecular complexity index is 1370. The van der Waals surface area contributed by atoms with Crippen LogP contribution < -0.4 is 15.8 Å². The summed E-state index contributed by atoms with van der Waals surface area (Å²) < 4.78 is 51.4. The molecule has 0 radical (unpaired) electrons. The summed E-state index contributed by atoms with van der Waals surface area (Å²) in [5, 5.41) is 16.7. The minimum absolute atomic E-state index is 0.0278. The number of hydrogen-bond donors (Lipinski definition) is 3. The molecule has 0 unspecified atom stereocenters. The van der Waals surface area contributed by atoms with Crippen LogP contribution in [0.5, 0.6) is 0 Å². The lowest BCUT2D eigenvalue weighted by molar-refractivity contribution is 0.100. The van der Waals surface area contributed by atoms with Crippen molar-refractivity contribution in [2.24, 2.45) is 5.73 Å². The lowest BCUT2D eigenvalue weighted by Gasteiger charge is -2.23. The normalized spacial score (nSPS) is 11.8. The zero-order valence-corrected chi connectivity index (χ0v) is 19.2. The van der Waals surface area contributed by atoms with Gasteiger partial charge in [0.2, 0.25) is 0 Å². The summed E-state index contributed by atoms with van der Waals surface area (Å²) >= 11 is 0. The summed E-state index contributed by atoms with van der Waals surface area (Å²) in [5.74, 6) is -3.86. The molecule has 3 aromatic rings. The Morgan fingerprint density at radius 2 is 1.82 bits per heavy atom. The number of halogens is 2. The van der Waals surface area contributed by atoms with E-state index in [9.17, 15) is 22.0 Å². The maximum Gasteiger partial charge on any atom is 0.355 e. The van der Waals surface area contributed by atoms with E-state index < -0.39 is 27.2 Å². The number of nitrogens with one attached hydrogen (secondary N) is 2. The summed E-state index contributed by atoms with van der Waals surface area (Å²) in [6, 6.07) is 12.1. The molecule has 0 saturated heterocycles. The van der Waals surface area contributed by atoms with E-state index in [1.54, 1.807) is 16.9 Å². The number of sulfonamides is 1. The Labute approximate surface area is 194 Å². The lowest BCUT2D eigenvalue weighted by Crippen LogP contribution is -2.25. The van der Waals surface area contributed by atoms with Gasteiger partial charge in [0, 0.05) is 11.3 Å². The highest BCUT2D eigenvalue weighted by Crippen LogP contribution is 2.34. The number of alkyl halides is 2. The van der Waals surface area contributed by atoms with Crippen LogP contribution in [0.25, 0.3) is 11.3 Å². The third-order valence-electron chi connectivity index (χ3n) is 4.53. The number of nitriles is 1. The summed E-state index contributed by atoms with van der Waals surface area (Å²) in [6.07, 6.45) is 0. The molecule has 0 atom stereocenters. The van der Waals surface area contributed by atoms with Gasteiger partial charge < -0.3 is 11.1 Å². The number of rotatable bonds is 7. The number of hydrogen-bond acceptors (Lipinski definition) is 7. The molecule has 2 aromatic heterocycles. The van der Waals surface area contributed by atoms with Crippen molar-refractivity contribution in [2.75, 3.05) is 10.0 Å². The smallest absolute Gasteiger partial charge is 0.355 e. The number of anilines is 3. The Morgan fingerprint density at radius 3 is 2.35 bits per heavy atom. The summed E-state index contributed by atoms with van der Waals surface area (Å²) in [5.41, 5.74) is 5.74. The molecule has 2 heterocycles. The third-order valence-corrected chi connectivity index (χ3v) is 5.52. The molecule has 0 bridgehead atoms.